The molecule has 0 aliphatic heterocycles. The van der Waals surface area contributed by atoms with Gasteiger partial charge in [-0.3, -0.25) is 0 Å². The predicted octanol–water partition coefficient (Wildman–Crippen LogP) is 3.52. The third kappa shape index (κ3) is 3.61. The fourth-order valence-electron chi connectivity index (χ4n) is 3.50. The molecule has 1 aromatic rings. The zero-order valence-electron chi connectivity index (χ0n) is 12.9. The first-order chi connectivity index (χ1) is 9.95. The SMILES string of the molecule is CN(C)C1(C(O)Cc2ccc(F)c(F)c2)CCCCCC1. The van der Waals surface area contributed by atoms with E-state index in [0.29, 0.717) is 12.0 Å². The maximum atomic E-state index is 13.3. The number of rotatable bonds is 4. The van der Waals surface area contributed by atoms with Gasteiger partial charge in [-0.1, -0.05) is 31.7 Å². The van der Waals surface area contributed by atoms with E-state index in [1.807, 2.05) is 14.1 Å². The predicted molar refractivity (Wildman–Crippen MR) is 80.2 cm³/mol. The zero-order valence-corrected chi connectivity index (χ0v) is 12.9. The fraction of sp³-hybridized carbons (Fsp3) is 0.647. The van der Waals surface area contributed by atoms with Gasteiger partial charge >= 0.3 is 0 Å². The first-order valence-corrected chi connectivity index (χ1v) is 7.75. The average molecular weight is 297 g/mol. The highest BCUT2D eigenvalue weighted by Gasteiger charge is 2.40. The van der Waals surface area contributed by atoms with Crippen molar-refractivity contribution in [2.75, 3.05) is 14.1 Å². The third-order valence-corrected chi connectivity index (χ3v) is 4.89. The molecule has 0 saturated heterocycles. The summed E-state index contributed by atoms with van der Waals surface area (Å²) in [4.78, 5) is 2.11. The molecule has 0 radical (unpaired) electrons. The number of hydrogen-bond acceptors (Lipinski definition) is 2. The van der Waals surface area contributed by atoms with Gasteiger partial charge in [0, 0.05) is 12.0 Å². The highest BCUT2D eigenvalue weighted by atomic mass is 19.2. The van der Waals surface area contributed by atoms with Gasteiger partial charge in [-0.2, -0.15) is 0 Å². The van der Waals surface area contributed by atoms with Crippen molar-refractivity contribution >= 4 is 0 Å². The van der Waals surface area contributed by atoms with E-state index in [2.05, 4.69) is 4.90 Å². The van der Waals surface area contributed by atoms with E-state index >= 15 is 0 Å². The molecule has 4 heteroatoms. The minimum atomic E-state index is -0.848. The monoisotopic (exact) mass is 297 g/mol. The van der Waals surface area contributed by atoms with Crippen molar-refractivity contribution < 1.29 is 13.9 Å². The number of halogens is 2. The van der Waals surface area contributed by atoms with Gasteiger partial charge in [0.15, 0.2) is 11.6 Å². The molecule has 2 rings (SSSR count). The third-order valence-electron chi connectivity index (χ3n) is 4.89. The summed E-state index contributed by atoms with van der Waals surface area (Å²) in [5.74, 6) is -1.69. The van der Waals surface area contributed by atoms with E-state index in [0.717, 1.165) is 31.7 Å². The number of hydrogen-bond donors (Lipinski definition) is 1. The molecule has 2 nitrogen and oxygen atoms in total. The molecule has 1 aromatic carbocycles. The van der Waals surface area contributed by atoms with E-state index in [9.17, 15) is 13.9 Å². The number of benzene rings is 1. The number of nitrogens with zero attached hydrogens (tertiary/aromatic N) is 1. The normalized spacial score (nSPS) is 20.3. The number of aliphatic hydroxyl groups excluding tert-OH is 1. The summed E-state index contributed by atoms with van der Waals surface area (Å²) in [5.41, 5.74) is 0.383. The van der Waals surface area contributed by atoms with Crippen LogP contribution in [0, 0.1) is 11.6 Å². The summed E-state index contributed by atoms with van der Waals surface area (Å²) in [7, 11) is 4.00. The first-order valence-electron chi connectivity index (χ1n) is 7.75. The lowest BCUT2D eigenvalue weighted by atomic mass is 9.80. The van der Waals surface area contributed by atoms with Crippen LogP contribution >= 0.6 is 0 Å². The van der Waals surface area contributed by atoms with E-state index in [1.165, 1.54) is 18.9 Å². The van der Waals surface area contributed by atoms with Crippen LogP contribution in [0.4, 0.5) is 8.78 Å². The van der Waals surface area contributed by atoms with Gasteiger partial charge in [-0.15, -0.1) is 0 Å². The second-order valence-electron chi connectivity index (χ2n) is 6.38. The van der Waals surface area contributed by atoms with Crippen LogP contribution < -0.4 is 0 Å². The van der Waals surface area contributed by atoms with Crippen molar-refractivity contribution in [3.63, 3.8) is 0 Å². The molecule has 1 N–H and O–H groups in total. The minimum absolute atomic E-state index is 0.263. The summed E-state index contributed by atoms with van der Waals surface area (Å²) < 4.78 is 26.3. The quantitative estimate of drug-likeness (QED) is 0.860. The lowest BCUT2D eigenvalue weighted by Crippen LogP contribution is -2.54. The maximum absolute atomic E-state index is 13.3. The maximum Gasteiger partial charge on any atom is 0.159 e. The van der Waals surface area contributed by atoms with Crippen LogP contribution in [-0.2, 0) is 6.42 Å². The molecule has 0 spiro atoms. The molecular formula is C17H25F2NO. The standard InChI is InChI=1S/C17H25F2NO/c1-20(2)17(9-5-3-4-6-10-17)16(21)12-13-7-8-14(18)15(19)11-13/h7-8,11,16,21H,3-6,9-10,12H2,1-2H3. The van der Waals surface area contributed by atoms with Gasteiger partial charge in [0.05, 0.1) is 6.10 Å². The Morgan fingerprint density at radius 1 is 1.10 bits per heavy atom. The summed E-state index contributed by atoms with van der Waals surface area (Å²) in [6.45, 7) is 0. The van der Waals surface area contributed by atoms with Crippen LogP contribution in [0.15, 0.2) is 18.2 Å². The van der Waals surface area contributed by atoms with Gasteiger partial charge in [0.25, 0.3) is 0 Å². The van der Waals surface area contributed by atoms with Crippen LogP contribution in [0.5, 0.6) is 0 Å². The van der Waals surface area contributed by atoms with Gasteiger partial charge in [0.2, 0.25) is 0 Å². The van der Waals surface area contributed by atoms with Crippen molar-refractivity contribution in [3.8, 4) is 0 Å². The lowest BCUT2D eigenvalue weighted by Gasteiger charge is -2.43. The Balaban J connectivity index is 2.17. The first kappa shape index (κ1) is 16.4. The van der Waals surface area contributed by atoms with E-state index < -0.39 is 17.7 Å². The highest BCUT2D eigenvalue weighted by Crippen LogP contribution is 2.35. The van der Waals surface area contributed by atoms with E-state index in [1.54, 1.807) is 6.07 Å². The van der Waals surface area contributed by atoms with Crippen molar-refractivity contribution in [2.24, 2.45) is 0 Å². The Labute approximate surface area is 125 Å². The summed E-state index contributed by atoms with van der Waals surface area (Å²) >= 11 is 0. The topological polar surface area (TPSA) is 23.5 Å². The smallest absolute Gasteiger partial charge is 0.159 e. The second-order valence-corrected chi connectivity index (χ2v) is 6.38. The molecule has 118 valence electrons. The van der Waals surface area contributed by atoms with Gasteiger partial charge in [0.1, 0.15) is 0 Å². The molecule has 0 amide bonds. The molecule has 21 heavy (non-hydrogen) atoms. The van der Waals surface area contributed by atoms with Crippen molar-refractivity contribution in [1.82, 2.24) is 4.90 Å². The largest absolute Gasteiger partial charge is 0.391 e. The molecule has 1 aliphatic carbocycles. The number of aliphatic hydroxyl groups is 1. The van der Waals surface area contributed by atoms with Crippen molar-refractivity contribution in [3.05, 3.63) is 35.4 Å². The summed E-state index contributed by atoms with van der Waals surface area (Å²) in [5, 5.41) is 10.8. The van der Waals surface area contributed by atoms with Crippen LogP contribution in [0.1, 0.15) is 44.1 Å². The molecular weight excluding hydrogens is 272 g/mol. The lowest BCUT2D eigenvalue weighted by molar-refractivity contribution is -0.0174. The van der Waals surface area contributed by atoms with Gasteiger partial charge < -0.3 is 10.0 Å². The average Bonchev–Trinajstić information content (AvgIpc) is 2.69. The van der Waals surface area contributed by atoms with E-state index in [-0.39, 0.29) is 5.54 Å². The van der Waals surface area contributed by atoms with Crippen LogP contribution in [-0.4, -0.2) is 35.7 Å². The Morgan fingerprint density at radius 2 is 1.71 bits per heavy atom. The Morgan fingerprint density at radius 3 is 2.24 bits per heavy atom. The highest BCUT2D eigenvalue weighted by molar-refractivity contribution is 5.19. The Kier molecular flexibility index (Phi) is 5.33. The van der Waals surface area contributed by atoms with Gasteiger partial charge in [-0.05, 0) is 44.6 Å². The summed E-state index contributed by atoms with van der Waals surface area (Å²) in [6.07, 6.45) is 6.29. The molecule has 1 saturated carbocycles. The number of likely N-dealkylation sites (N-methyl/N-ethyl adjacent to an activating group) is 1. The van der Waals surface area contributed by atoms with Crippen LogP contribution in [0.25, 0.3) is 0 Å². The minimum Gasteiger partial charge on any atom is -0.391 e. The Hall–Kier alpha value is -1.00. The molecule has 1 fully saturated rings. The van der Waals surface area contributed by atoms with Gasteiger partial charge in [-0.25, -0.2) is 8.78 Å². The molecule has 0 bridgehead atoms. The molecule has 0 aromatic heterocycles. The second kappa shape index (κ2) is 6.84. The molecule has 1 aliphatic rings. The molecule has 1 atom stereocenters. The zero-order chi connectivity index (χ0) is 15.5. The van der Waals surface area contributed by atoms with Crippen LogP contribution in [0.2, 0.25) is 0 Å². The molecule has 1 unspecified atom stereocenters. The summed E-state index contributed by atoms with van der Waals surface area (Å²) in [6, 6.07) is 3.88. The fourth-order valence-corrected chi connectivity index (χ4v) is 3.50. The van der Waals surface area contributed by atoms with E-state index in [4.69, 9.17) is 0 Å². The van der Waals surface area contributed by atoms with Crippen LogP contribution in [0.3, 0.4) is 0 Å². The van der Waals surface area contributed by atoms with Crippen molar-refractivity contribution in [1.29, 1.82) is 0 Å². The van der Waals surface area contributed by atoms with Crippen molar-refractivity contribution in [2.45, 2.75) is 56.6 Å². The Bertz CT molecular complexity index is 468. The molecule has 0 heterocycles.